The Labute approximate surface area is 245 Å². The van der Waals surface area contributed by atoms with Crippen LogP contribution in [0.3, 0.4) is 0 Å². The van der Waals surface area contributed by atoms with Crippen molar-refractivity contribution in [2.75, 3.05) is 7.11 Å². The molecule has 0 saturated heterocycles. The Hall–Kier alpha value is -2.10. The van der Waals surface area contributed by atoms with Gasteiger partial charge in [0.1, 0.15) is 17.5 Å². The van der Waals surface area contributed by atoms with Crippen LogP contribution in [0.2, 0.25) is 15.1 Å². The van der Waals surface area contributed by atoms with E-state index in [1.54, 1.807) is 30.3 Å². The van der Waals surface area contributed by atoms with Crippen LogP contribution in [0.4, 0.5) is 0 Å². The van der Waals surface area contributed by atoms with E-state index in [0.717, 1.165) is 10.0 Å². The van der Waals surface area contributed by atoms with Crippen LogP contribution in [0, 0.1) is 0 Å². The third kappa shape index (κ3) is 5.99. The minimum atomic E-state index is -0.276. The van der Waals surface area contributed by atoms with Gasteiger partial charge in [0.2, 0.25) is 0 Å². The normalized spacial score (nSPS) is 11.6. The van der Waals surface area contributed by atoms with E-state index in [0.29, 0.717) is 48.3 Å². The van der Waals surface area contributed by atoms with Crippen LogP contribution in [-0.4, -0.2) is 23.0 Å². The summed E-state index contributed by atoms with van der Waals surface area (Å²) in [5, 5.41) is 6.12. The molecule has 0 fully saturated rings. The summed E-state index contributed by atoms with van der Waals surface area (Å²) in [6, 6.07) is 12.3. The number of aromatic nitrogens is 2. The van der Waals surface area contributed by atoms with Gasteiger partial charge in [0.05, 0.1) is 34.3 Å². The molecular formula is C26H20Br2Cl3N3O3. The molecule has 192 valence electrons. The second-order valence-electron chi connectivity index (χ2n) is 8.31. The van der Waals surface area contributed by atoms with Gasteiger partial charge in [0.15, 0.2) is 11.5 Å². The number of hydrogen-bond donors (Lipinski definition) is 0. The first kappa shape index (κ1) is 27.9. The van der Waals surface area contributed by atoms with E-state index < -0.39 is 0 Å². The summed E-state index contributed by atoms with van der Waals surface area (Å²) in [6.45, 7) is 4.10. The Morgan fingerprint density at radius 2 is 1.84 bits per heavy atom. The number of rotatable bonds is 7. The fraction of sp³-hybridized carbons (Fsp3) is 0.192. The van der Waals surface area contributed by atoms with Crippen molar-refractivity contribution in [3.8, 4) is 11.5 Å². The summed E-state index contributed by atoms with van der Waals surface area (Å²) in [7, 11) is 1.51. The molecule has 0 radical (unpaired) electrons. The van der Waals surface area contributed by atoms with Crippen LogP contribution in [0.5, 0.6) is 11.5 Å². The topological polar surface area (TPSA) is 65.7 Å². The van der Waals surface area contributed by atoms with Crippen LogP contribution in [0.1, 0.15) is 36.7 Å². The quantitative estimate of drug-likeness (QED) is 0.183. The summed E-state index contributed by atoms with van der Waals surface area (Å²) in [5.41, 5.74) is 1.73. The maximum absolute atomic E-state index is 13.3. The zero-order valence-corrected chi connectivity index (χ0v) is 25.3. The fourth-order valence-corrected chi connectivity index (χ4v) is 4.88. The smallest absolute Gasteiger partial charge is 0.282 e. The fourth-order valence-electron chi connectivity index (χ4n) is 3.54. The Morgan fingerprint density at radius 3 is 2.51 bits per heavy atom. The molecule has 0 bridgehead atoms. The molecule has 4 rings (SSSR count). The number of fused-ring (bicyclic) bond motifs is 1. The second-order valence-corrected chi connectivity index (χ2v) is 11.2. The summed E-state index contributed by atoms with van der Waals surface area (Å²) in [4.78, 5) is 18.0. The highest BCUT2D eigenvalue weighted by molar-refractivity contribution is 9.10. The predicted molar refractivity (Wildman–Crippen MR) is 157 cm³/mol. The molecule has 37 heavy (non-hydrogen) atoms. The van der Waals surface area contributed by atoms with Gasteiger partial charge < -0.3 is 9.47 Å². The largest absolute Gasteiger partial charge is 0.493 e. The molecule has 1 heterocycles. The lowest BCUT2D eigenvalue weighted by molar-refractivity contribution is 0.284. The van der Waals surface area contributed by atoms with E-state index in [2.05, 4.69) is 41.9 Å². The Bertz CT molecular complexity index is 1590. The number of ether oxygens (including phenoxy) is 2. The maximum Gasteiger partial charge on any atom is 0.282 e. The van der Waals surface area contributed by atoms with Gasteiger partial charge in [-0.3, -0.25) is 4.79 Å². The van der Waals surface area contributed by atoms with Crippen molar-refractivity contribution in [2.24, 2.45) is 5.10 Å². The van der Waals surface area contributed by atoms with Crippen LogP contribution in [0.15, 0.2) is 61.3 Å². The zero-order valence-electron chi connectivity index (χ0n) is 19.9. The lowest BCUT2D eigenvalue weighted by Gasteiger charge is -2.16. The Morgan fingerprint density at radius 1 is 1.08 bits per heavy atom. The van der Waals surface area contributed by atoms with Crippen molar-refractivity contribution < 1.29 is 9.47 Å². The first-order valence-corrected chi connectivity index (χ1v) is 13.7. The molecular weight excluding hydrogens is 668 g/mol. The molecule has 11 heteroatoms. The van der Waals surface area contributed by atoms with Crippen LogP contribution >= 0.6 is 66.7 Å². The minimum Gasteiger partial charge on any atom is -0.493 e. The van der Waals surface area contributed by atoms with Crippen LogP contribution < -0.4 is 15.0 Å². The Kier molecular flexibility index (Phi) is 8.86. The van der Waals surface area contributed by atoms with E-state index >= 15 is 0 Å². The zero-order chi connectivity index (χ0) is 26.9. The van der Waals surface area contributed by atoms with Gasteiger partial charge in [0, 0.05) is 20.4 Å². The first-order valence-electron chi connectivity index (χ1n) is 11.0. The molecule has 0 amide bonds. The van der Waals surface area contributed by atoms with Crippen molar-refractivity contribution in [1.29, 1.82) is 0 Å². The third-order valence-corrected chi connectivity index (χ3v) is 8.08. The van der Waals surface area contributed by atoms with Crippen molar-refractivity contribution >= 4 is 83.8 Å². The molecule has 6 nitrogen and oxygen atoms in total. The van der Waals surface area contributed by atoms with Crippen molar-refractivity contribution in [3.05, 3.63) is 93.8 Å². The molecule has 0 spiro atoms. The Balaban J connectivity index is 1.72. The summed E-state index contributed by atoms with van der Waals surface area (Å²) in [5.74, 6) is 1.23. The summed E-state index contributed by atoms with van der Waals surface area (Å²) >= 11 is 25.7. The van der Waals surface area contributed by atoms with Gasteiger partial charge in [-0.2, -0.15) is 9.78 Å². The minimum absolute atomic E-state index is 0.0448. The molecule has 0 aliphatic carbocycles. The van der Waals surface area contributed by atoms with Gasteiger partial charge in [-0.15, -0.1) is 0 Å². The van der Waals surface area contributed by atoms with E-state index in [1.807, 2.05) is 26.0 Å². The standard InChI is InChI=1S/C26H20Br2Cl3N3O3/c1-13(2)25-33-20-7-5-16(27)10-17(20)26(35)34(25)32-11-15-9-21(36-3)24(23(31)22(15)28)37-12-14-4-6-18(29)19(30)8-14/h4-11,13H,12H2,1-3H3. The highest BCUT2D eigenvalue weighted by Crippen LogP contribution is 2.42. The first-order chi connectivity index (χ1) is 17.6. The van der Waals surface area contributed by atoms with E-state index in [9.17, 15) is 4.79 Å². The number of benzene rings is 3. The predicted octanol–water partition coefficient (Wildman–Crippen LogP) is 8.47. The maximum atomic E-state index is 13.3. The highest BCUT2D eigenvalue weighted by Gasteiger charge is 2.18. The van der Waals surface area contributed by atoms with Crippen molar-refractivity contribution in [3.63, 3.8) is 0 Å². The average molecular weight is 689 g/mol. The van der Waals surface area contributed by atoms with Crippen molar-refractivity contribution in [2.45, 2.75) is 26.4 Å². The third-order valence-electron chi connectivity index (χ3n) is 5.41. The monoisotopic (exact) mass is 685 g/mol. The van der Waals surface area contributed by atoms with Gasteiger partial charge in [-0.1, -0.05) is 70.6 Å². The lowest BCUT2D eigenvalue weighted by Crippen LogP contribution is -2.23. The number of halogens is 5. The average Bonchev–Trinajstić information content (AvgIpc) is 2.87. The molecule has 0 atom stereocenters. The van der Waals surface area contributed by atoms with Gasteiger partial charge >= 0.3 is 0 Å². The molecule has 4 aromatic rings. The summed E-state index contributed by atoms with van der Waals surface area (Å²) in [6.07, 6.45) is 1.53. The number of nitrogens with zero attached hydrogens (tertiary/aromatic N) is 3. The molecule has 0 unspecified atom stereocenters. The van der Waals surface area contributed by atoms with E-state index in [-0.39, 0.29) is 23.1 Å². The van der Waals surface area contributed by atoms with E-state index in [4.69, 9.17) is 44.3 Å². The molecule has 1 aromatic heterocycles. The lowest BCUT2D eigenvalue weighted by atomic mass is 10.2. The number of methoxy groups -OCH3 is 1. The summed E-state index contributed by atoms with van der Waals surface area (Å²) < 4.78 is 14.1. The van der Waals surface area contributed by atoms with Crippen molar-refractivity contribution in [1.82, 2.24) is 9.66 Å². The molecule has 0 N–H and O–H groups in total. The molecule has 0 aliphatic heterocycles. The second kappa shape index (κ2) is 11.7. The van der Waals surface area contributed by atoms with Gasteiger partial charge in [-0.05, 0) is 57.9 Å². The van der Waals surface area contributed by atoms with Crippen LogP contribution in [0.25, 0.3) is 10.9 Å². The van der Waals surface area contributed by atoms with Gasteiger partial charge in [0.25, 0.3) is 5.56 Å². The van der Waals surface area contributed by atoms with Crippen LogP contribution in [-0.2, 0) is 6.61 Å². The molecule has 0 aliphatic rings. The molecule has 0 saturated carbocycles. The van der Waals surface area contributed by atoms with E-state index in [1.165, 1.54) is 18.0 Å². The number of hydrogen-bond acceptors (Lipinski definition) is 5. The van der Waals surface area contributed by atoms with Gasteiger partial charge in [-0.25, -0.2) is 4.98 Å². The molecule has 3 aromatic carbocycles. The SMILES string of the molecule is COc1cc(C=Nn2c(C(C)C)nc3ccc(Br)cc3c2=O)c(Br)c(Cl)c1OCc1ccc(Cl)c(Cl)c1. The highest BCUT2D eigenvalue weighted by atomic mass is 79.9.